The quantitative estimate of drug-likeness (QED) is 0.620. The Bertz CT molecular complexity index is 1010. The van der Waals surface area contributed by atoms with Crippen LogP contribution >= 0.6 is 0 Å². The van der Waals surface area contributed by atoms with Crippen molar-refractivity contribution in [3.8, 4) is 11.1 Å². The number of rotatable bonds is 6. The number of carboxylic acid groups (broad SMARTS) is 1. The molecule has 8 heteroatoms. The summed E-state index contributed by atoms with van der Waals surface area (Å²) in [7, 11) is 0. The van der Waals surface area contributed by atoms with E-state index in [1.54, 1.807) is 6.92 Å². The van der Waals surface area contributed by atoms with Crippen molar-refractivity contribution in [3.05, 3.63) is 59.7 Å². The normalized spacial score (nSPS) is 20.5. The number of piperidine rings is 1. The third-order valence-corrected chi connectivity index (χ3v) is 6.43. The van der Waals surface area contributed by atoms with Crippen LogP contribution in [0.3, 0.4) is 0 Å². The molecular weight excluding hydrogens is 424 g/mol. The summed E-state index contributed by atoms with van der Waals surface area (Å²) in [5.41, 5.74) is 4.44. The highest BCUT2D eigenvalue weighted by Crippen LogP contribution is 2.44. The third-order valence-electron chi connectivity index (χ3n) is 6.43. The van der Waals surface area contributed by atoms with Crippen molar-refractivity contribution < 1.29 is 29.3 Å². The third kappa shape index (κ3) is 4.71. The highest BCUT2D eigenvalue weighted by molar-refractivity contribution is 5.86. The number of alkyl carbamates (subject to hydrolysis) is 1. The van der Waals surface area contributed by atoms with Crippen molar-refractivity contribution in [2.75, 3.05) is 19.7 Å². The highest BCUT2D eigenvalue weighted by Gasteiger charge is 2.36. The van der Waals surface area contributed by atoms with Crippen LogP contribution in [-0.2, 0) is 14.3 Å². The highest BCUT2D eigenvalue weighted by atomic mass is 16.5. The maximum Gasteiger partial charge on any atom is 0.407 e. The Morgan fingerprint density at radius 3 is 2.24 bits per heavy atom. The van der Waals surface area contributed by atoms with Gasteiger partial charge in [0.2, 0.25) is 5.91 Å². The lowest BCUT2D eigenvalue weighted by Crippen LogP contribution is -2.54. The minimum absolute atomic E-state index is 0.00803. The number of hydrogen-bond donors (Lipinski definition) is 3. The van der Waals surface area contributed by atoms with Gasteiger partial charge < -0.3 is 25.2 Å². The average molecular weight is 453 g/mol. The monoisotopic (exact) mass is 452 g/mol. The van der Waals surface area contributed by atoms with Gasteiger partial charge in [-0.05, 0) is 35.1 Å². The maximum absolute atomic E-state index is 12.9. The van der Waals surface area contributed by atoms with E-state index in [-0.39, 0.29) is 32.0 Å². The topological polar surface area (TPSA) is 116 Å². The van der Waals surface area contributed by atoms with Crippen LogP contribution in [-0.4, -0.2) is 64.9 Å². The van der Waals surface area contributed by atoms with E-state index in [9.17, 15) is 24.6 Å². The van der Waals surface area contributed by atoms with Crippen LogP contribution in [0.5, 0.6) is 0 Å². The predicted octanol–water partition coefficient (Wildman–Crippen LogP) is 2.60. The van der Waals surface area contributed by atoms with E-state index in [1.165, 1.54) is 4.90 Å². The molecule has 0 saturated carbocycles. The van der Waals surface area contributed by atoms with E-state index in [0.717, 1.165) is 22.3 Å². The van der Waals surface area contributed by atoms with Gasteiger partial charge in [0.1, 0.15) is 12.6 Å². The number of hydrogen-bond acceptors (Lipinski definition) is 5. The lowest BCUT2D eigenvalue weighted by Gasteiger charge is -2.35. The molecule has 0 bridgehead atoms. The Morgan fingerprint density at radius 1 is 1.06 bits per heavy atom. The van der Waals surface area contributed by atoms with Crippen molar-refractivity contribution in [1.82, 2.24) is 10.2 Å². The second-order valence-corrected chi connectivity index (χ2v) is 8.60. The fourth-order valence-corrected chi connectivity index (χ4v) is 4.77. The number of aliphatic hydroxyl groups is 1. The molecule has 2 unspecified atom stereocenters. The van der Waals surface area contributed by atoms with E-state index >= 15 is 0 Å². The molecule has 2 amide bonds. The molecular formula is C25H28N2O6. The number of carbonyl (C=O) groups excluding carboxylic acids is 2. The summed E-state index contributed by atoms with van der Waals surface area (Å²) < 4.78 is 5.53. The standard InChI is InChI=1S/C25H28N2O6/c1-2-22(23(29)27-12-15(24(30)31)11-16(28)13-27)26-25(32)33-14-21-19-9-5-3-7-17(19)18-8-4-6-10-20(18)21/h3-10,15-16,21-22,28H,2,11-14H2,1H3,(H,26,32)(H,30,31)/t15?,16?,22-/m0/s1. The molecule has 0 radical (unpaired) electrons. The molecule has 8 nitrogen and oxygen atoms in total. The van der Waals surface area contributed by atoms with E-state index in [2.05, 4.69) is 17.4 Å². The number of benzene rings is 2. The Morgan fingerprint density at radius 2 is 1.67 bits per heavy atom. The lowest BCUT2D eigenvalue weighted by atomic mass is 9.95. The zero-order valence-electron chi connectivity index (χ0n) is 18.4. The molecule has 4 rings (SSSR count). The second kappa shape index (κ2) is 9.62. The minimum Gasteiger partial charge on any atom is -0.481 e. The summed E-state index contributed by atoms with van der Waals surface area (Å²) in [6.07, 6.45) is -1.19. The van der Waals surface area contributed by atoms with E-state index < -0.39 is 36.0 Å². The fourth-order valence-electron chi connectivity index (χ4n) is 4.77. The molecule has 0 aromatic heterocycles. The summed E-state index contributed by atoms with van der Waals surface area (Å²) in [4.78, 5) is 38.1. The Balaban J connectivity index is 1.39. The number of β-amino-alcohol motifs (C(OH)–C–C–N with tert-alkyl or cyclic N) is 1. The number of amides is 2. The van der Waals surface area contributed by atoms with Gasteiger partial charge in [-0.15, -0.1) is 0 Å². The first-order chi connectivity index (χ1) is 15.9. The summed E-state index contributed by atoms with van der Waals surface area (Å²) in [5.74, 6) is -2.39. The molecule has 0 spiro atoms. The van der Waals surface area contributed by atoms with Gasteiger partial charge in [0.15, 0.2) is 0 Å². The number of carbonyl (C=O) groups is 3. The number of aliphatic hydroxyl groups excluding tert-OH is 1. The first-order valence-electron chi connectivity index (χ1n) is 11.2. The van der Waals surface area contributed by atoms with Crippen LogP contribution in [0.25, 0.3) is 11.1 Å². The van der Waals surface area contributed by atoms with Gasteiger partial charge in [-0.2, -0.15) is 0 Å². The van der Waals surface area contributed by atoms with Crippen molar-refractivity contribution in [1.29, 1.82) is 0 Å². The lowest BCUT2D eigenvalue weighted by molar-refractivity contribution is -0.149. The molecule has 1 aliphatic carbocycles. The van der Waals surface area contributed by atoms with Crippen LogP contribution in [0, 0.1) is 5.92 Å². The Labute approximate surface area is 192 Å². The predicted molar refractivity (Wildman–Crippen MR) is 121 cm³/mol. The van der Waals surface area contributed by atoms with Crippen LogP contribution in [0.4, 0.5) is 4.79 Å². The molecule has 1 heterocycles. The van der Waals surface area contributed by atoms with Gasteiger partial charge in [0.25, 0.3) is 0 Å². The molecule has 2 aliphatic rings. The molecule has 1 fully saturated rings. The first-order valence-corrected chi connectivity index (χ1v) is 11.2. The van der Waals surface area contributed by atoms with Crippen molar-refractivity contribution in [2.45, 2.75) is 37.8 Å². The molecule has 1 aliphatic heterocycles. The van der Waals surface area contributed by atoms with Gasteiger partial charge in [-0.3, -0.25) is 9.59 Å². The SMILES string of the molecule is CC[C@H](NC(=O)OCC1c2ccccc2-c2ccccc21)C(=O)N1CC(O)CC(C(=O)O)C1. The van der Waals surface area contributed by atoms with Crippen molar-refractivity contribution in [2.24, 2.45) is 5.92 Å². The van der Waals surface area contributed by atoms with Crippen LogP contribution in [0.2, 0.25) is 0 Å². The number of fused-ring (bicyclic) bond motifs is 3. The van der Waals surface area contributed by atoms with Crippen molar-refractivity contribution >= 4 is 18.0 Å². The summed E-state index contributed by atoms with van der Waals surface area (Å²) in [5, 5.41) is 21.9. The van der Waals surface area contributed by atoms with Crippen LogP contribution in [0.1, 0.15) is 36.8 Å². The zero-order chi connectivity index (χ0) is 23.5. The number of nitrogens with one attached hydrogen (secondary N) is 1. The van der Waals surface area contributed by atoms with Gasteiger partial charge in [-0.1, -0.05) is 55.5 Å². The molecule has 3 N–H and O–H groups in total. The molecule has 2 aromatic rings. The smallest absolute Gasteiger partial charge is 0.407 e. The van der Waals surface area contributed by atoms with Crippen LogP contribution < -0.4 is 5.32 Å². The van der Waals surface area contributed by atoms with Crippen molar-refractivity contribution in [3.63, 3.8) is 0 Å². The summed E-state index contributed by atoms with van der Waals surface area (Å²) >= 11 is 0. The van der Waals surface area contributed by atoms with E-state index in [0.29, 0.717) is 6.42 Å². The van der Waals surface area contributed by atoms with E-state index in [1.807, 2.05) is 36.4 Å². The van der Waals surface area contributed by atoms with Gasteiger partial charge in [0.05, 0.1) is 12.0 Å². The number of nitrogens with zero attached hydrogens (tertiary/aromatic N) is 1. The number of ether oxygens (including phenoxy) is 1. The zero-order valence-corrected chi connectivity index (χ0v) is 18.4. The largest absolute Gasteiger partial charge is 0.481 e. The minimum atomic E-state index is -1.05. The molecule has 3 atom stereocenters. The first kappa shape index (κ1) is 22.8. The average Bonchev–Trinajstić information content (AvgIpc) is 3.14. The molecule has 2 aromatic carbocycles. The number of aliphatic carboxylic acids is 1. The van der Waals surface area contributed by atoms with Gasteiger partial charge in [0, 0.05) is 19.0 Å². The number of carboxylic acids is 1. The Kier molecular flexibility index (Phi) is 6.65. The maximum atomic E-state index is 12.9. The molecule has 33 heavy (non-hydrogen) atoms. The molecule has 1 saturated heterocycles. The van der Waals surface area contributed by atoms with Crippen LogP contribution in [0.15, 0.2) is 48.5 Å². The van der Waals surface area contributed by atoms with Gasteiger partial charge >= 0.3 is 12.1 Å². The Hall–Kier alpha value is -3.39. The summed E-state index contributed by atoms with van der Waals surface area (Å²) in [6.45, 7) is 1.94. The number of likely N-dealkylation sites (tertiary alicyclic amines) is 1. The summed E-state index contributed by atoms with van der Waals surface area (Å²) in [6, 6.07) is 15.2. The second-order valence-electron chi connectivity index (χ2n) is 8.60. The van der Waals surface area contributed by atoms with Gasteiger partial charge in [-0.25, -0.2) is 4.79 Å². The molecule has 174 valence electrons. The van der Waals surface area contributed by atoms with E-state index in [4.69, 9.17) is 4.74 Å². The fraction of sp³-hybridized carbons (Fsp3) is 0.400.